The van der Waals surface area contributed by atoms with E-state index in [2.05, 4.69) is 5.10 Å². The van der Waals surface area contributed by atoms with Crippen molar-refractivity contribution in [2.45, 2.75) is 6.04 Å². The molecule has 3 aliphatic rings. The number of hydrogen-bond donors (Lipinski definition) is 0. The molecule has 1 saturated heterocycles. The van der Waals surface area contributed by atoms with Gasteiger partial charge in [-0.25, -0.2) is 4.90 Å². The molecule has 2 unspecified atom stereocenters. The highest BCUT2D eigenvalue weighted by molar-refractivity contribution is 6.34. The molecule has 168 valence electrons. The maximum Gasteiger partial charge on any atom is 0.269 e. The minimum atomic E-state index is -0.884. The fourth-order valence-electron chi connectivity index (χ4n) is 4.48. The lowest BCUT2D eigenvalue weighted by Crippen LogP contribution is -2.39. The molecule has 10 nitrogen and oxygen atoms in total. The van der Waals surface area contributed by atoms with Crippen molar-refractivity contribution in [3.8, 4) is 11.5 Å². The van der Waals surface area contributed by atoms with Gasteiger partial charge in [-0.05, 0) is 42.0 Å². The zero-order valence-electron chi connectivity index (χ0n) is 17.5. The van der Waals surface area contributed by atoms with E-state index in [1.807, 2.05) is 18.2 Å². The number of carbonyl (C=O) groups excluding carboxylic acids is 2. The molecule has 0 aromatic heterocycles. The molecule has 0 radical (unpaired) electrons. The Kier molecular flexibility index (Phi) is 4.34. The first-order chi connectivity index (χ1) is 16.5. The molecule has 3 heterocycles. The number of non-ortho nitro benzene ring substituents is 1. The second-order valence-electron chi connectivity index (χ2n) is 7.94. The zero-order chi connectivity index (χ0) is 23.4. The molecule has 3 aromatic rings. The lowest BCUT2D eigenvalue weighted by Gasteiger charge is -2.22. The third-order valence-corrected chi connectivity index (χ3v) is 6.06. The molecule has 0 bridgehead atoms. The van der Waals surface area contributed by atoms with Crippen molar-refractivity contribution < 1.29 is 24.0 Å². The SMILES string of the molecule is O=C1C2C(c3ccc([N+](=O)[O-])cc3)=NN(c3ccccc3)C2C(=O)N1c1ccc2c(c1)OCO2. The van der Waals surface area contributed by atoms with Crippen LogP contribution >= 0.6 is 0 Å². The number of fused-ring (bicyclic) bond motifs is 2. The normalized spacial score (nSPS) is 20.5. The van der Waals surface area contributed by atoms with Gasteiger partial charge in [-0.15, -0.1) is 0 Å². The van der Waals surface area contributed by atoms with E-state index < -0.39 is 28.7 Å². The largest absolute Gasteiger partial charge is 0.454 e. The lowest BCUT2D eigenvalue weighted by atomic mass is 9.92. The van der Waals surface area contributed by atoms with E-state index in [4.69, 9.17) is 9.47 Å². The highest BCUT2D eigenvalue weighted by Crippen LogP contribution is 2.42. The second-order valence-corrected chi connectivity index (χ2v) is 7.94. The number of benzene rings is 3. The van der Waals surface area contributed by atoms with Crippen LogP contribution in [0, 0.1) is 16.0 Å². The highest BCUT2D eigenvalue weighted by Gasteiger charge is 2.57. The van der Waals surface area contributed by atoms with Gasteiger partial charge in [-0.3, -0.25) is 24.7 Å². The Morgan fingerprint density at radius 3 is 2.35 bits per heavy atom. The van der Waals surface area contributed by atoms with Gasteiger partial charge < -0.3 is 9.47 Å². The molecule has 0 N–H and O–H groups in total. The molecular formula is C24H16N4O6. The molecule has 34 heavy (non-hydrogen) atoms. The van der Waals surface area contributed by atoms with Gasteiger partial charge in [0.25, 0.3) is 11.6 Å². The van der Waals surface area contributed by atoms with Crippen molar-refractivity contribution in [3.63, 3.8) is 0 Å². The first-order valence-corrected chi connectivity index (χ1v) is 10.5. The number of anilines is 2. The third-order valence-electron chi connectivity index (χ3n) is 6.06. The van der Waals surface area contributed by atoms with Crippen LogP contribution in [0.4, 0.5) is 17.1 Å². The molecule has 0 spiro atoms. The van der Waals surface area contributed by atoms with Gasteiger partial charge in [0.1, 0.15) is 12.0 Å². The number of hydrazone groups is 1. The van der Waals surface area contributed by atoms with Crippen LogP contribution in [0.15, 0.2) is 77.9 Å². The minimum Gasteiger partial charge on any atom is -0.454 e. The molecule has 10 heteroatoms. The maximum atomic E-state index is 13.7. The summed E-state index contributed by atoms with van der Waals surface area (Å²) in [6.07, 6.45) is 0. The quantitative estimate of drug-likeness (QED) is 0.337. The topological polar surface area (TPSA) is 115 Å². The van der Waals surface area contributed by atoms with E-state index in [-0.39, 0.29) is 12.5 Å². The van der Waals surface area contributed by atoms with E-state index in [0.29, 0.717) is 34.1 Å². The molecule has 2 amide bonds. The van der Waals surface area contributed by atoms with Crippen molar-refractivity contribution in [1.29, 1.82) is 0 Å². The van der Waals surface area contributed by atoms with E-state index in [9.17, 15) is 19.7 Å². The summed E-state index contributed by atoms with van der Waals surface area (Å²) >= 11 is 0. The van der Waals surface area contributed by atoms with Crippen molar-refractivity contribution in [3.05, 3.63) is 88.5 Å². The average Bonchev–Trinajstić information content (AvgIpc) is 3.55. The summed E-state index contributed by atoms with van der Waals surface area (Å²) in [7, 11) is 0. The Hall–Kier alpha value is -4.73. The first kappa shape index (κ1) is 19.9. The van der Waals surface area contributed by atoms with Gasteiger partial charge in [0.05, 0.1) is 22.0 Å². The van der Waals surface area contributed by atoms with Crippen molar-refractivity contribution in [2.24, 2.45) is 11.0 Å². The fourth-order valence-corrected chi connectivity index (χ4v) is 4.48. The number of imide groups is 1. The van der Waals surface area contributed by atoms with Crippen molar-refractivity contribution in [2.75, 3.05) is 16.7 Å². The summed E-state index contributed by atoms with van der Waals surface area (Å²) in [5.74, 6) is -0.719. The predicted molar refractivity (Wildman–Crippen MR) is 121 cm³/mol. The Bertz CT molecular complexity index is 1370. The monoisotopic (exact) mass is 456 g/mol. The smallest absolute Gasteiger partial charge is 0.269 e. The molecule has 3 aliphatic heterocycles. The van der Waals surface area contributed by atoms with E-state index in [0.717, 1.165) is 4.90 Å². The molecular weight excluding hydrogens is 440 g/mol. The zero-order valence-corrected chi connectivity index (χ0v) is 17.5. The summed E-state index contributed by atoms with van der Waals surface area (Å²) in [5, 5.41) is 17.3. The standard InChI is InChI=1S/C24H16N4O6/c29-23-20-21(14-6-8-16(9-7-14)28(31)32)25-27(15-4-2-1-3-5-15)22(20)24(30)26(23)17-10-11-18-19(12-17)34-13-33-18/h1-12,20,22H,13H2. The van der Waals surface area contributed by atoms with Gasteiger partial charge >= 0.3 is 0 Å². The average molecular weight is 456 g/mol. The Morgan fingerprint density at radius 2 is 1.62 bits per heavy atom. The summed E-state index contributed by atoms with van der Waals surface area (Å²) in [4.78, 5) is 39.0. The van der Waals surface area contributed by atoms with Crippen molar-refractivity contribution >= 4 is 34.6 Å². The molecule has 0 saturated carbocycles. The van der Waals surface area contributed by atoms with Crippen LogP contribution < -0.4 is 19.4 Å². The van der Waals surface area contributed by atoms with Crippen LogP contribution in [0.2, 0.25) is 0 Å². The second kappa shape index (κ2) is 7.41. The number of carbonyl (C=O) groups is 2. The highest BCUT2D eigenvalue weighted by atomic mass is 16.7. The van der Waals surface area contributed by atoms with Crippen LogP contribution in [0.25, 0.3) is 0 Å². The summed E-state index contributed by atoms with van der Waals surface area (Å²) in [5.41, 5.74) is 1.88. The number of nitro groups is 1. The number of ether oxygens (including phenoxy) is 2. The number of rotatable bonds is 4. The van der Waals surface area contributed by atoms with Crippen molar-refractivity contribution in [1.82, 2.24) is 0 Å². The molecule has 2 atom stereocenters. The Labute approximate surface area is 192 Å². The van der Waals surface area contributed by atoms with Crippen LogP contribution in [0.1, 0.15) is 5.56 Å². The lowest BCUT2D eigenvalue weighted by molar-refractivity contribution is -0.384. The predicted octanol–water partition coefficient (Wildman–Crippen LogP) is 3.11. The minimum absolute atomic E-state index is 0.0741. The third kappa shape index (κ3) is 2.92. The Morgan fingerprint density at radius 1 is 0.882 bits per heavy atom. The summed E-state index contributed by atoms with van der Waals surface area (Å²) < 4.78 is 10.7. The van der Waals surface area contributed by atoms with Crippen LogP contribution in [-0.4, -0.2) is 35.3 Å². The van der Waals surface area contributed by atoms with E-state index >= 15 is 0 Å². The molecule has 3 aromatic carbocycles. The maximum absolute atomic E-state index is 13.7. The van der Waals surface area contributed by atoms with Crippen LogP contribution in [0.5, 0.6) is 11.5 Å². The Balaban J connectivity index is 1.44. The summed E-state index contributed by atoms with van der Waals surface area (Å²) in [6.45, 7) is 0.0741. The molecule has 1 fully saturated rings. The van der Waals surface area contributed by atoms with Gasteiger partial charge in [0.2, 0.25) is 12.7 Å². The number of amides is 2. The van der Waals surface area contributed by atoms with Gasteiger partial charge in [0.15, 0.2) is 11.5 Å². The van der Waals surface area contributed by atoms with Gasteiger partial charge in [-0.1, -0.05) is 18.2 Å². The van der Waals surface area contributed by atoms with Crippen LogP contribution in [0.3, 0.4) is 0 Å². The van der Waals surface area contributed by atoms with Gasteiger partial charge in [-0.2, -0.15) is 5.10 Å². The summed E-state index contributed by atoms with van der Waals surface area (Å²) in [6, 6.07) is 18.9. The van der Waals surface area contributed by atoms with Crippen LogP contribution in [-0.2, 0) is 9.59 Å². The number of nitro benzene ring substituents is 1. The number of hydrogen-bond acceptors (Lipinski definition) is 8. The molecule has 0 aliphatic carbocycles. The van der Waals surface area contributed by atoms with E-state index in [1.165, 1.54) is 12.1 Å². The number of nitrogens with zero attached hydrogens (tertiary/aromatic N) is 4. The number of para-hydroxylation sites is 1. The fraction of sp³-hybridized carbons (Fsp3) is 0.125. The molecule has 6 rings (SSSR count). The van der Waals surface area contributed by atoms with E-state index in [1.54, 1.807) is 47.5 Å². The first-order valence-electron chi connectivity index (χ1n) is 10.5. The van der Waals surface area contributed by atoms with Gasteiger partial charge in [0, 0.05) is 18.2 Å².